The van der Waals surface area contributed by atoms with Crippen molar-refractivity contribution in [2.45, 2.75) is 82.7 Å². The van der Waals surface area contributed by atoms with E-state index in [0.717, 1.165) is 49.4 Å². The third kappa shape index (κ3) is 5.05. The molecular weight excluding hydrogens is 442 g/mol. The Hall–Kier alpha value is -3.03. The average molecular weight is 473 g/mol. The fraction of sp³-hybridized carbons (Fsp3) is 0.500. The van der Waals surface area contributed by atoms with Crippen molar-refractivity contribution in [1.82, 2.24) is 9.88 Å². The van der Waals surface area contributed by atoms with Gasteiger partial charge in [0.25, 0.3) is 11.5 Å². The number of amides is 1. The topological polar surface area (TPSA) is 88.4 Å². The van der Waals surface area contributed by atoms with E-state index in [4.69, 9.17) is 0 Å². The van der Waals surface area contributed by atoms with Gasteiger partial charge in [0.1, 0.15) is 22.7 Å². The number of aryl methyl sites for hydroxylation is 1. The first kappa shape index (κ1) is 24.1. The predicted molar refractivity (Wildman–Crippen MR) is 123 cm³/mol. The Bertz CT molecular complexity index is 1130. The number of carbonyl (C=O) groups excluding carboxylic acids is 1. The third-order valence-corrected chi connectivity index (χ3v) is 7.08. The van der Waals surface area contributed by atoms with Crippen LogP contribution in [-0.2, 0) is 24.2 Å². The van der Waals surface area contributed by atoms with Crippen LogP contribution in [0, 0.1) is 11.6 Å². The van der Waals surface area contributed by atoms with Gasteiger partial charge in [0.05, 0.1) is 6.54 Å². The van der Waals surface area contributed by atoms with Crippen LogP contribution < -0.4 is 10.9 Å². The minimum atomic E-state index is -1.39. The summed E-state index contributed by atoms with van der Waals surface area (Å²) in [5, 5.41) is 12.5. The minimum Gasteiger partial charge on any atom is -0.480 e. The number of carboxylic acids is 1. The summed E-state index contributed by atoms with van der Waals surface area (Å²) >= 11 is 0. The molecule has 2 aromatic rings. The SMILES string of the molecule is O=C(NC1(C(=O)O)CCCCC1)c1cc2c(n(Cc3cc(F)cc(F)c3)c1=O)CCCCCC2. The number of carbonyl (C=O) groups is 2. The smallest absolute Gasteiger partial charge is 0.329 e. The first-order chi connectivity index (χ1) is 16.3. The minimum absolute atomic E-state index is 0.0684. The molecule has 182 valence electrons. The maximum atomic E-state index is 13.8. The Balaban J connectivity index is 1.77. The highest BCUT2D eigenvalue weighted by atomic mass is 19.1. The van der Waals surface area contributed by atoms with E-state index in [1.165, 1.54) is 16.7 Å². The van der Waals surface area contributed by atoms with Crippen LogP contribution in [0.15, 0.2) is 29.1 Å². The Morgan fingerprint density at radius 3 is 2.18 bits per heavy atom. The summed E-state index contributed by atoms with van der Waals surface area (Å²) < 4.78 is 29.1. The molecule has 0 saturated heterocycles. The molecule has 6 nitrogen and oxygen atoms in total. The van der Waals surface area contributed by atoms with Crippen molar-refractivity contribution in [2.75, 3.05) is 0 Å². The van der Waals surface area contributed by atoms with Crippen LogP contribution in [0.1, 0.15) is 85.0 Å². The number of aromatic nitrogens is 1. The summed E-state index contributed by atoms with van der Waals surface area (Å²) in [7, 11) is 0. The molecule has 1 saturated carbocycles. The molecule has 2 aliphatic rings. The second-order valence-electron chi connectivity index (χ2n) is 9.52. The molecule has 34 heavy (non-hydrogen) atoms. The fourth-order valence-electron chi connectivity index (χ4n) is 5.28. The number of nitrogens with one attached hydrogen (secondary N) is 1. The lowest BCUT2D eigenvalue weighted by Crippen LogP contribution is -2.56. The van der Waals surface area contributed by atoms with Crippen LogP contribution in [0.25, 0.3) is 0 Å². The number of nitrogens with zero attached hydrogens (tertiary/aromatic N) is 1. The van der Waals surface area contributed by atoms with E-state index >= 15 is 0 Å². The molecule has 0 bridgehead atoms. The summed E-state index contributed by atoms with van der Waals surface area (Å²) in [6.07, 6.45) is 8.05. The van der Waals surface area contributed by atoms with E-state index < -0.39 is 34.6 Å². The number of fused-ring (bicyclic) bond motifs is 1. The molecule has 4 rings (SSSR count). The molecular formula is C26H30F2N2O4. The Kier molecular flexibility index (Phi) is 7.14. The first-order valence-electron chi connectivity index (χ1n) is 12.1. The molecule has 1 amide bonds. The van der Waals surface area contributed by atoms with E-state index in [1.807, 2.05) is 0 Å². The molecule has 0 spiro atoms. The van der Waals surface area contributed by atoms with Crippen molar-refractivity contribution < 1.29 is 23.5 Å². The van der Waals surface area contributed by atoms with Gasteiger partial charge in [-0.1, -0.05) is 32.1 Å². The monoisotopic (exact) mass is 472 g/mol. The van der Waals surface area contributed by atoms with E-state index in [1.54, 1.807) is 6.07 Å². The first-order valence-corrected chi connectivity index (χ1v) is 12.1. The highest BCUT2D eigenvalue weighted by Crippen LogP contribution is 2.29. The number of rotatable bonds is 5. The molecule has 0 unspecified atom stereocenters. The summed E-state index contributed by atoms with van der Waals surface area (Å²) in [5.74, 6) is -3.28. The van der Waals surface area contributed by atoms with Gasteiger partial charge in [0.2, 0.25) is 0 Å². The molecule has 0 radical (unpaired) electrons. The lowest BCUT2D eigenvalue weighted by Gasteiger charge is -2.34. The number of halogens is 2. The van der Waals surface area contributed by atoms with Gasteiger partial charge in [0.15, 0.2) is 0 Å². The van der Waals surface area contributed by atoms with Gasteiger partial charge < -0.3 is 15.0 Å². The average Bonchev–Trinajstić information content (AvgIpc) is 2.76. The molecule has 1 fully saturated rings. The molecule has 0 aliphatic heterocycles. The van der Waals surface area contributed by atoms with Gasteiger partial charge in [0, 0.05) is 11.8 Å². The van der Waals surface area contributed by atoms with Crippen molar-refractivity contribution in [3.63, 3.8) is 0 Å². The second kappa shape index (κ2) is 10.1. The largest absolute Gasteiger partial charge is 0.480 e. The van der Waals surface area contributed by atoms with Crippen molar-refractivity contribution in [3.8, 4) is 0 Å². The predicted octanol–water partition coefficient (Wildman–Crippen LogP) is 4.35. The van der Waals surface area contributed by atoms with Crippen molar-refractivity contribution in [2.24, 2.45) is 0 Å². The van der Waals surface area contributed by atoms with Crippen molar-refractivity contribution in [3.05, 3.63) is 68.6 Å². The number of aliphatic carboxylic acids is 1. The van der Waals surface area contributed by atoms with Gasteiger partial charge in [-0.05, 0) is 67.9 Å². The zero-order valence-electron chi connectivity index (χ0n) is 19.2. The number of carboxylic acid groups (broad SMARTS) is 1. The summed E-state index contributed by atoms with van der Waals surface area (Å²) in [6, 6.07) is 4.73. The fourth-order valence-corrected chi connectivity index (χ4v) is 5.28. The summed E-state index contributed by atoms with van der Waals surface area (Å²) in [4.78, 5) is 38.9. The highest BCUT2D eigenvalue weighted by molar-refractivity contribution is 5.97. The zero-order chi connectivity index (χ0) is 24.3. The molecule has 8 heteroatoms. The Morgan fingerprint density at radius 1 is 0.912 bits per heavy atom. The van der Waals surface area contributed by atoms with Crippen LogP contribution in [0.2, 0.25) is 0 Å². The molecule has 2 aliphatic carbocycles. The van der Waals surface area contributed by atoms with Crippen molar-refractivity contribution in [1.29, 1.82) is 0 Å². The Labute approximate surface area is 197 Å². The van der Waals surface area contributed by atoms with E-state index in [2.05, 4.69) is 5.32 Å². The van der Waals surface area contributed by atoms with Gasteiger partial charge >= 0.3 is 5.97 Å². The van der Waals surface area contributed by atoms with Gasteiger partial charge in [-0.25, -0.2) is 13.6 Å². The third-order valence-electron chi connectivity index (χ3n) is 7.08. The number of pyridine rings is 1. The van der Waals surface area contributed by atoms with E-state index in [-0.39, 0.29) is 17.7 Å². The van der Waals surface area contributed by atoms with Crippen molar-refractivity contribution >= 4 is 11.9 Å². The molecule has 1 aromatic carbocycles. The van der Waals surface area contributed by atoms with Crippen LogP contribution in [0.5, 0.6) is 0 Å². The van der Waals surface area contributed by atoms with Gasteiger partial charge in [-0.15, -0.1) is 0 Å². The normalized spacial score (nSPS) is 17.8. The van der Waals surface area contributed by atoms with Gasteiger partial charge in [-0.3, -0.25) is 9.59 Å². The van der Waals surface area contributed by atoms with Crippen LogP contribution >= 0.6 is 0 Å². The summed E-state index contributed by atoms with van der Waals surface area (Å²) in [6.45, 7) is -0.0684. The molecule has 1 heterocycles. The molecule has 1 aromatic heterocycles. The maximum absolute atomic E-state index is 13.8. The molecule has 2 N–H and O–H groups in total. The zero-order valence-corrected chi connectivity index (χ0v) is 19.2. The van der Waals surface area contributed by atoms with Crippen LogP contribution in [0.4, 0.5) is 8.78 Å². The van der Waals surface area contributed by atoms with Crippen LogP contribution in [0.3, 0.4) is 0 Å². The van der Waals surface area contributed by atoms with E-state index in [0.29, 0.717) is 38.5 Å². The van der Waals surface area contributed by atoms with E-state index in [9.17, 15) is 28.3 Å². The lowest BCUT2D eigenvalue weighted by molar-refractivity contribution is -0.145. The molecule has 0 atom stereocenters. The highest BCUT2D eigenvalue weighted by Gasteiger charge is 2.41. The summed E-state index contributed by atoms with van der Waals surface area (Å²) in [5.41, 5.74) is -0.162. The quantitative estimate of drug-likeness (QED) is 0.677. The maximum Gasteiger partial charge on any atom is 0.329 e. The number of hydrogen-bond donors (Lipinski definition) is 2. The standard InChI is InChI=1S/C26H30F2N2O4/c27-19-12-17(13-20(28)15-19)16-30-22-9-5-2-1-4-8-18(22)14-21(24(30)32)23(31)29-26(25(33)34)10-6-3-7-11-26/h12-15H,1-11,16H2,(H,29,31)(H,33,34). The van der Waals surface area contributed by atoms with Gasteiger partial charge in [-0.2, -0.15) is 0 Å². The van der Waals surface area contributed by atoms with Crippen LogP contribution in [-0.4, -0.2) is 27.1 Å². The number of hydrogen-bond acceptors (Lipinski definition) is 3. The number of benzene rings is 1. The Morgan fingerprint density at radius 2 is 1.53 bits per heavy atom. The lowest BCUT2D eigenvalue weighted by atomic mass is 9.81. The second-order valence-corrected chi connectivity index (χ2v) is 9.52.